The van der Waals surface area contributed by atoms with E-state index < -0.39 is 0 Å². The Balaban J connectivity index is 0.000000810. The number of β-amino-alcohol motifs (C(OH)–C–C–N with tert-alkyl or cyclic N) is 1. The van der Waals surface area contributed by atoms with Crippen molar-refractivity contribution in [3.63, 3.8) is 0 Å². The van der Waals surface area contributed by atoms with Gasteiger partial charge in [-0.3, -0.25) is 4.90 Å². The van der Waals surface area contributed by atoms with Gasteiger partial charge in [0.2, 0.25) is 0 Å². The molecule has 1 fully saturated rings. The molecule has 0 spiro atoms. The van der Waals surface area contributed by atoms with Gasteiger partial charge in [0.15, 0.2) is 0 Å². The largest absolute Gasteiger partial charge is 0.395 e. The number of nitrogens with one attached hydrogen (secondary N) is 1. The van der Waals surface area contributed by atoms with Crippen molar-refractivity contribution in [2.24, 2.45) is 0 Å². The Bertz CT molecular complexity index is 73.4. The fraction of sp³-hybridized carbons (Fsp3) is 1.00. The third kappa shape index (κ3) is 3.91. The van der Waals surface area contributed by atoms with Crippen LogP contribution in [0.1, 0.15) is 0 Å². The molecule has 1 aliphatic heterocycles. The molecule has 0 unspecified atom stereocenters. The number of aliphatic hydroxyl groups excluding tert-OH is 1. The number of aliphatic hydroxyl groups is 1. The predicted octanol–water partition coefficient (Wildman–Crippen LogP) is -1.50. The number of nitrogens with zero attached hydrogens (tertiary/aromatic N) is 1. The van der Waals surface area contributed by atoms with Gasteiger partial charge in [0, 0.05) is 62.3 Å². The Kier molecular flexibility index (Phi) is 7.16. The monoisotopic (exact) mass is 153 g/mol. The molecule has 0 atom stereocenters. The predicted molar refractivity (Wildman–Crippen MR) is 42.1 cm³/mol. The van der Waals surface area contributed by atoms with Crippen LogP contribution >= 0.6 is 0 Å². The summed E-state index contributed by atoms with van der Waals surface area (Å²) < 4.78 is 0. The second kappa shape index (κ2) is 6.58. The summed E-state index contributed by atoms with van der Waals surface area (Å²) >= 11 is 0. The van der Waals surface area contributed by atoms with Crippen LogP contribution in [0.2, 0.25) is 0 Å². The van der Waals surface area contributed by atoms with Crippen LogP contribution in [0.25, 0.3) is 0 Å². The zero-order chi connectivity index (χ0) is 6.53. The van der Waals surface area contributed by atoms with Crippen molar-refractivity contribution in [1.82, 2.24) is 10.2 Å². The van der Waals surface area contributed by atoms with Crippen molar-refractivity contribution >= 4 is 29.6 Å². The molecule has 1 radical (unpaired) electrons. The molecule has 0 bridgehead atoms. The van der Waals surface area contributed by atoms with Gasteiger partial charge in [0.25, 0.3) is 0 Å². The number of rotatable bonds is 2. The van der Waals surface area contributed by atoms with E-state index in [1.54, 1.807) is 0 Å². The molecule has 4 heteroatoms. The quantitative estimate of drug-likeness (QED) is 0.474. The summed E-state index contributed by atoms with van der Waals surface area (Å²) in [6.07, 6.45) is 0. The van der Waals surface area contributed by atoms with Gasteiger partial charge in [-0.05, 0) is 0 Å². The summed E-state index contributed by atoms with van der Waals surface area (Å²) in [5.74, 6) is 0. The summed E-state index contributed by atoms with van der Waals surface area (Å²) in [5.41, 5.74) is 0. The Morgan fingerprint density at radius 2 is 1.90 bits per heavy atom. The maximum atomic E-state index is 8.56. The molecule has 0 aromatic rings. The minimum Gasteiger partial charge on any atom is -0.395 e. The Morgan fingerprint density at radius 3 is 2.40 bits per heavy atom. The van der Waals surface area contributed by atoms with Crippen molar-refractivity contribution in [3.05, 3.63) is 0 Å². The average Bonchev–Trinajstić information content (AvgIpc) is 1.91. The standard InChI is InChI=1S/C6H14N2O.Na/c9-6-5-8-3-1-7-2-4-8;/h7,9H,1-6H2;. The van der Waals surface area contributed by atoms with Crippen LogP contribution in [-0.4, -0.2) is 78.9 Å². The van der Waals surface area contributed by atoms with E-state index in [4.69, 9.17) is 5.11 Å². The van der Waals surface area contributed by atoms with Gasteiger partial charge in [-0.25, -0.2) is 0 Å². The normalized spacial score (nSPS) is 20.1. The van der Waals surface area contributed by atoms with Gasteiger partial charge in [0.1, 0.15) is 0 Å². The Hall–Kier alpha value is 0.880. The van der Waals surface area contributed by atoms with Gasteiger partial charge in [0.05, 0.1) is 6.61 Å². The molecule has 1 heterocycles. The molecule has 3 nitrogen and oxygen atoms in total. The molecule has 0 aliphatic carbocycles. The number of hydrogen-bond acceptors (Lipinski definition) is 3. The molecular formula is C6H14N2NaO. The topological polar surface area (TPSA) is 35.5 Å². The Morgan fingerprint density at radius 1 is 1.30 bits per heavy atom. The number of piperazine rings is 1. The summed E-state index contributed by atoms with van der Waals surface area (Å²) in [5, 5.41) is 11.8. The van der Waals surface area contributed by atoms with Crippen molar-refractivity contribution < 1.29 is 5.11 Å². The fourth-order valence-corrected chi connectivity index (χ4v) is 1.08. The maximum absolute atomic E-state index is 8.56. The summed E-state index contributed by atoms with van der Waals surface area (Å²) in [4.78, 5) is 2.26. The van der Waals surface area contributed by atoms with Crippen LogP contribution in [0.5, 0.6) is 0 Å². The summed E-state index contributed by atoms with van der Waals surface area (Å²) in [6, 6.07) is 0. The molecule has 10 heavy (non-hydrogen) atoms. The molecule has 0 aromatic heterocycles. The van der Waals surface area contributed by atoms with Crippen molar-refractivity contribution in [1.29, 1.82) is 0 Å². The van der Waals surface area contributed by atoms with E-state index in [-0.39, 0.29) is 29.6 Å². The Labute approximate surface area is 84.1 Å². The molecule has 0 aromatic carbocycles. The van der Waals surface area contributed by atoms with Gasteiger partial charge in [-0.1, -0.05) is 0 Å². The van der Waals surface area contributed by atoms with Crippen LogP contribution in [0, 0.1) is 0 Å². The first kappa shape index (κ1) is 10.9. The molecular weight excluding hydrogens is 139 g/mol. The SMILES string of the molecule is OCCN1CCNCC1.[Na]. The maximum Gasteiger partial charge on any atom is 0.0558 e. The first-order valence-corrected chi connectivity index (χ1v) is 3.47. The molecule has 1 rings (SSSR count). The minimum atomic E-state index is 0. The fourth-order valence-electron chi connectivity index (χ4n) is 1.08. The van der Waals surface area contributed by atoms with Crippen molar-refractivity contribution in [2.45, 2.75) is 0 Å². The molecule has 55 valence electrons. The van der Waals surface area contributed by atoms with Gasteiger partial charge in [-0.15, -0.1) is 0 Å². The number of hydrogen-bond donors (Lipinski definition) is 2. The molecule has 1 saturated heterocycles. The molecule has 1 aliphatic rings. The second-order valence-corrected chi connectivity index (χ2v) is 2.32. The first-order chi connectivity index (χ1) is 4.43. The molecule has 0 amide bonds. The molecule has 2 N–H and O–H groups in total. The van der Waals surface area contributed by atoms with E-state index in [0.29, 0.717) is 6.61 Å². The smallest absolute Gasteiger partial charge is 0.0558 e. The second-order valence-electron chi connectivity index (χ2n) is 2.32. The third-order valence-corrected chi connectivity index (χ3v) is 1.63. The minimum absolute atomic E-state index is 0. The van der Waals surface area contributed by atoms with Crippen molar-refractivity contribution in [2.75, 3.05) is 39.3 Å². The van der Waals surface area contributed by atoms with Crippen LogP contribution in [-0.2, 0) is 0 Å². The zero-order valence-electron chi connectivity index (χ0n) is 6.64. The van der Waals surface area contributed by atoms with Crippen LogP contribution in [0.15, 0.2) is 0 Å². The van der Waals surface area contributed by atoms with E-state index in [1.165, 1.54) is 0 Å². The summed E-state index contributed by atoms with van der Waals surface area (Å²) in [7, 11) is 0. The van der Waals surface area contributed by atoms with Gasteiger partial charge >= 0.3 is 0 Å². The molecule has 0 saturated carbocycles. The van der Waals surface area contributed by atoms with E-state index >= 15 is 0 Å². The average molecular weight is 153 g/mol. The van der Waals surface area contributed by atoms with Crippen LogP contribution in [0.4, 0.5) is 0 Å². The van der Waals surface area contributed by atoms with E-state index in [0.717, 1.165) is 32.7 Å². The first-order valence-electron chi connectivity index (χ1n) is 3.47. The van der Waals surface area contributed by atoms with E-state index in [2.05, 4.69) is 10.2 Å². The van der Waals surface area contributed by atoms with Crippen LogP contribution in [0.3, 0.4) is 0 Å². The van der Waals surface area contributed by atoms with Crippen molar-refractivity contribution in [3.8, 4) is 0 Å². The van der Waals surface area contributed by atoms with E-state index in [9.17, 15) is 0 Å². The van der Waals surface area contributed by atoms with E-state index in [1.807, 2.05) is 0 Å². The zero-order valence-corrected chi connectivity index (χ0v) is 8.64. The van der Waals surface area contributed by atoms with Gasteiger partial charge in [-0.2, -0.15) is 0 Å². The third-order valence-electron chi connectivity index (χ3n) is 1.63. The van der Waals surface area contributed by atoms with Crippen LogP contribution < -0.4 is 5.32 Å². The summed E-state index contributed by atoms with van der Waals surface area (Å²) in [6.45, 7) is 5.43. The van der Waals surface area contributed by atoms with Gasteiger partial charge < -0.3 is 10.4 Å².